The SMILES string of the molecule is CCCCO[C@@H]1CN(C(=O)OC(C)(C)C)CC[C@@H]1N. The highest BCUT2D eigenvalue weighted by atomic mass is 16.6. The highest BCUT2D eigenvalue weighted by Gasteiger charge is 2.32. The summed E-state index contributed by atoms with van der Waals surface area (Å²) < 4.78 is 11.1. The van der Waals surface area contributed by atoms with Crippen molar-refractivity contribution < 1.29 is 14.3 Å². The quantitative estimate of drug-likeness (QED) is 0.796. The van der Waals surface area contributed by atoms with Crippen molar-refractivity contribution in [3.63, 3.8) is 0 Å². The van der Waals surface area contributed by atoms with E-state index in [1.807, 2.05) is 20.8 Å². The third kappa shape index (κ3) is 5.78. The van der Waals surface area contributed by atoms with E-state index in [-0.39, 0.29) is 18.2 Å². The lowest BCUT2D eigenvalue weighted by atomic mass is 10.0. The van der Waals surface area contributed by atoms with Crippen molar-refractivity contribution >= 4 is 6.09 Å². The number of hydrogen-bond donors (Lipinski definition) is 1. The first-order chi connectivity index (χ1) is 8.83. The van der Waals surface area contributed by atoms with Gasteiger partial charge in [-0.05, 0) is 33.6 Å². The molecule has 0 aromatic heterocycles. The van der Waals surface area contributed by atoms with Gasteiger partial charge in [-0.25, -0.2) is 4.79 Å². The molecular weight excluding hydrogens is 244 g/mol. The zero-order chi connectivity index (χ0) is 14.5. The number of nitrogens with two attached hydrogens (primary N) is 1. The van der Waals surface area contributed by atoms with E-state index in [9.17, 15) is 4.79 Å². The van der Waals surface area contributed by atoms with Crippen molar-refractivity contribution in [3.05, 3.63) is 0 Å². The highest BCUT2D eigenvalue weighted by Crippen LogP contribution is 2.17. The molecular formula is C14H28N2O3. The van der Waals surface area contributed by atoms with Crippen LogP contribution in [-0.4, -0.2) is 48.4 Å². The Morgan fingerprint density at radius 1 is 1.42 bits per heavy atom. The molecule has 0 radical (unpaired) electrons. The monoisotopic (exact) mass is 272 g/mol. The molecule has 0 unspecified atom stereocenters. The molecule has 0 aromatic rings. The minimum Gasteiger partial charge on any atom is -0.444 e. The van der Waals surface area contributed by atoms with E-state index in [2.05, 4.69) is 6.92 Å². The van der Waals surface area contributed by atoms with Crippen molar-refractivity contribution in [2.75, 3.05) is 19.7 Å². The summed E-state index contributed by atoms with van der Waals surface area (Å²) in [5, 5.41) is 0. The molecule has 5 nitrogen and oxygen atoms in total. The van der Waals surface area contributed by atoms with E-state index in [1.54, 1.807) is 4.90 Å². The zero-order valence-electron chi connectivity index (χ0n) is 12.6. The van der Waals surface area contributed by atoms with E-state index >= 15 is 0 Å². The van der Waals surface area contributed by atoms with Gasteiger partial charge in [-0.2, -0.15) is 0 Å². The lowest BCUT2D eigenvalue weighted by molar-refractivity contribution is -0.0288. The third-order valence-electron chi connectivity index (χ3n) is 3.09. The van der Waals surface area contributed by atoms with Crippen LogP contribution in [0.25, 0.3) is 0 Å². The second kappa shape index (κ2) is 7.10. The van der Waals surface area contributed by atoms with Gasteiger partial charge in [0.25, 0.3) is 0 Å². The molecule has 5 heteroatoms. The molecule has 0 bridgehead atoms. The van der Waals surface area contributed by atoms with Crippen LogP contribution in [0.3, 0.4) is 0 Å². The van der Waals surface area contributed by atoms with Crippen LogP contribution in [0.2, 0.25) is 0 Å². The molecule has 1 rings (SSSR count). The third-order valence-corrected chi connectivity index (χ3v) is 3.09. The van der Waals surface area contributed by atoms with Crippen LogP contribution in [0.4, 0.5) is 4.79 Å². The molecule has 1 aliphatic heterocycles. The van der Waals surface area contributed by atoms with Crippen molar-refractivity contribution in [3.8, 4) is 0 Å². The summed E-state index contributed by atoms with van der Waals surface area (Å²) in [5.74, 6) is 0. The van der Waals surface area contributed by atoms with Crippen LogP contribution >= 0.6 is 0 Å². The number of nitrogens with zero attached hydrogens (tertiary/aromatic N) is 1. The van der Waals surface area contributed by atoms with Gasteiger partial charge in [0.2, 0.25) is 0 Å². The number of ether oxygens (including phenoxy) is 2. The normalized spacial score (nSPS) is 24.4. The largest absolute Gasteiger partial charge is 0.444 e. The number of carbonyl (C=O) groups is 1. The molecule has 1 fully saturated rings. The number of unbranched alkanes of at least 4 members (excludes halogenated alkanes) is 1. The van der Waals surface area contributed by atoms with Gasteiger partial charge in [0.15, 0.2) is 0 Å². The first kappa shape index (κ1) is 16.2. The summed E-state index contributed by atoms with van der Waals surface area (Å²) in [6.45, 7) is 9.61. The first-order valence-corrected chi connectivity index (χ1v) is 7.18. The van der Waals surface area contributed by atoms with Crippen LogP contribution in [0.1, 0.15) is 47.0 Å². The van der Waals surface area contributed by atoms with Gasteiger partial charge in [0, 0.05) is 19.2 Å². The van der Waals surface area contributed by atoms with Crippen LogP contribution in [0.15, 0.2) is 0 Å². The van der Waals surface area contributed by atoms with Gasteiger partial charge >= 0.3 is 6.09 Å². The number of hydrogen-bond acceptors (Lipinski definition) is 4. The number of piperidine rings is 1. The second-order valence-corrected chi connectivity index (χ2v) is 6.14. The van der Waals surface area contributed by atoms with Crippen LogP contribution in [0, 0.1) is 0 Å². The van der Waals surface area contributed by atoms with Crippen molar-refractivity contribution in [1.29, 1.82) is 0 Å². The summed E-state index contributed by atoms with van der Waals surface area (Å²) in [5.41, 5.74) is 5.58. The number of rotatable bonds is 4. The fourth-order valence-electron chi connectivity index (χ4n) is 1.98. The zero-order valence-corrected chi connectivity index (χ0v) is 12.6. The summed E-state index contributed by atoms with van der Waals surface area (Å²) in [6, 6.07) is 0.00976. The van der Waals surface area contributed by atoms with Crippen molar-refractivity contribution in [1.82, 2.24) is 4.90 Å². The molecule has 2 atom stereocenters. The van der Waals surface area contributed by atoms with Gasteiger partial charge in [0.05, 0.1) is 12.6 Å². The maximum absolute atomic E-state index is 12.0. The van der Waals surface area contributed by atoms with Crippen molar-refractivity contribution in [2.24, 2.45) is 5.73 Å². The fraction of sp³-hybridized carbons (Fsp3) is 0.929. The number of amides is 1. The molecule has 0 spiro atoms. The molecule has 2 N–H and O–H groups in total. The highest BCUT2D eigenvalue weighted by molar-refractivity contribution is 5.68. The molecule has 1 saturated heterocycles. The molecule has 112 valence electrons. The summed E-state index contributed by atoms with van der Waals surface area (Å²) in [6.07, 6.45) is 2.53. The molecule has 1 aliphatic rings. The topological polar surface area (TPSA) is 64.8 Å². The van der Waals surface area contributed by atoms with E-state index in [1.165, 1.54) is 0 Å². The average molecular weight is 272 g/mol. The molecule has 1 heterocycles. The Balaban J connectivity index is 2.46. The standard InChI is InChI=1S/C14H28N2O3/c1-5-6-9-18-12-10-16(8-7-11(12)15)13(17)19-14(2,3)4/h11-12H,5-10,15H2,1-4H3/t11-,12+/m0/s1. The van der Waals surface area contributed by atoms with Gasteiger partial charge in [-0.1, -0.05) is 13.3 Å². The van der Waals surface area contributed by atoms with Gasteiger partial charge in [-0.15, -0.1) is 0 Å². The first-order valence-electron chi connectivity index (χ1n) is 7.18. The predicted molar refractivity (Wildman–Crippen MR) is 75.0 cm³/mol. The summed E-state index contributed by atoms with van der Waals surface area (Å²) in [4.78, 5) is 13.7. The molecule has 19 heavy (non-hydrogen) atoms. The molecule has 0 aliphatic carbocycles. The summed E-state index contributed by atoms with van der Waals surface area (Å²) >= 11 is 0. The van der Waals surface area contributed by atoms with Gasteiger partial charge in [0.1, 0.15) is 5.60 Å². The van der Waals surface area contributed by atoms with E-state index in [4.69, 9.17) is 15.2 Å². The Labute approximate surface area is 116 Å². The molecule has 0 aromatic carbocycles. The second-order valence-electron chi connectivity index (χ2n) is 6.14. The molecule has 0 saturated carbocycles. The van der Waals surface area contributed by atoms with Crippen LogP contribution in [-0.2, 0) is 9.47 Å². The smallest absolute Gasteiger partial charge is 0.410 e. The van der Waals surface area contributed by atoms with Crippen molar-refractivity contribution in [2.45, 2.75) is 64.7 Å². The maximum Gasteiger partial charge on any atom is 0.410 e. The van der Waals surface area contributed by atoms with Gasteiger partial charge < -0.3 is 20.1 Å². The Morgan fingerprint density at radius 2 is 2.11 bits per heavy atom. The fourth-order valence-corrected chi connectivity index (χ4v) is 1.98. The Hall–Kier alpha value is -0.810. The minimum absolute atomic E-state index is 0.00976. The molecule has 1 amide bonds. The maximum atomic E-state index is 12.0. The average Bonchev–Trinajstić information content (AvgIpc) is 2.29. The number of likely N-dealkylation sites (tertiary alicyclic amines) is 1. The van der Waals surface area contributed by atoms with E-state index in [0.717, 1.165) is 19.3 Å². The lowest BCUT2D eigenvalue weighted by Gasteiger charge is -2.37. The lowest BCUT2D eigenvalue weighted by Crippen LogP contribution is -2.54. The van der Waals surface area contributed by atoms with Gasteiger partial charge in [-0.3, -0.25) is 0 Å². The minimum atomic E-state index is -0.463. The number of carbonyl (C=O) groups excluding carboxylic acids is 1. The Bertz CT molecular complexity index is 289. The Kier molecular flexibility index (Phi) is 6.07. The van der Waals surface area contributed by atoms with Crippen LogP contribution < -0.4 is 5.73 Å². The Morgan fingerprint density at radius 3 is 2.68 bits per heavy atom. The summed E-state index contributed by atoms with van der Waals surface area (Å²) in [7, 11) is 0. The van der Waals surface area contributed by atoms with Crippen LogP contribution in [0.5, 0.6) is 0 Å². The predicted octanol–water partition coefficient (Wildman–Crippen LogP) is 2.14. The van der Waals surface area contributed by atoms with E-state index in [0.29, 0.717) is 19.7 Å². The van der Waals surface area contributed by atoms with E-state index < -0.39 is 5.60 Å².